The number of hydrogen-bond donors (Lipinski definition) is 1. The van der Waals surface area contributed by atoms with Crippen molar-refractivity contribution in [3.05, 3.63) is 35.4 Å². The summed E-state index contributed by atoms with van der Waals surface area (Å²) in [5, 5.41) is 8.69. The smallest absolute Gasteiger partial charge is 0.328 e. The predicted octanol–water partition coefficient (Wildman–Crippen LogP) is 3.29. The minimum absolute atomic E-state index is 0.192. The van der Waals surface area contributed by atoms with Crippen molar-refractivity contribution < 1.29 is 19.4 Å². The van der Waals surface area contributed by atoms with E-state index < -0.39 is 5.97 Å². The summed E-state index contributed by atoms with van der Waals surface area (Å²) < 4.78 is 11.2. The van der Waals surface area contributed by atoms with Gasteiger partial charge < -0.3 is 14.6 Å². The maximum absolute atomic E-state index is 10.6. The van der Waals surface area contributed by atoms with Gasteiger partial charge in [-0.15, -0.1) is 0 Å². The molecule has 1 rings (SSSR count). The molecule has 0 unspecified atom stereocenters. The molecule has 0 atom stereocenters. The van der Waals surface area contributed by atoms with E-state index in [-0.39, 0.29) is 5.60 Å². The molecule has 110 valence electrons. The largest absolute Gasteiger partial charge is 0.491 e. The van der Waals surface area contributed by atoms with Crippen LogP contribution in [0.2, 0.25) is 0 Å². The van der Waals surface area contributed by atoms with Crippen molar-refractivity contribution in [1.82, 2.24) is 0 Å². The lowest BCUT2D eigenvalue weighted by Gasteiger charge is -2.19. The Morgan fingerprint density at radius 1 is 1.30 bits per heavy atom. The molecule has 0 bridgehead atoms. The molecule has 0 aliphatic rings. The van der Waals surface area contributed by atoms with Gasteiger partial charge in [0.1, 0.15) is 12.4 Å². The van der Waals surface area contributed by atoms with E-state index in [1.54, 1.807) is 0 Å². The number of carbonyl (C=O) groups is 1. The van der Waals surface area contributed by atoms with Crippen LogP contribution in [0.3, 0.4) is 0 Å². The van der Waals surface area contributed by atoms with E-state index in [1.165, 1.54) is 6.08 Å². The lowest BCUT2D eigenvalue weighted by atomic mass is 10.1. The zero-order valence-corrected chi connectivity index (χ0v) is 12.5. The Balaban J connectivity index is 2.67. The monoisotopic (exact) mass is 278 g/mol. The Morgan fingerprint density at radius 3 is 2.60 bits per heavy atom. The Labute approximate surface area is 120 Å². The SMILES string of the molecule is Cc1ccc(OCCOC(C)(C)C)c(/C=C/C(=O)O)c1. The molecule has 0 aromatic heterocycles. The Kier molecular flexibility index (Phi) is 5.77. The third-order valence-corrected chi connectivity index (χ3v) is 2.45. The van der Waals surface area contributed by atoms with Gasteiger partial charge >= 0.3 is 5.97 Å². The normalized spacial score (nSPS) is 11.8. The van der Waals surface area contributed by atoms with Gasteiger partial charge in [0.15, 0.2) is 0 Å². The first-order chi connectivity index (χ1) is 9.28. The van der Waals surface area contributed by atoms with Crippen LogP contribution in [0.4, 0.5) is 0 Å². The van der Waals surface area contributed by atoms with Crippen LogP contribution in [0.5, 0.6) is 5.75 Å². The summed E-state index contributed by atoms with van der Waals surface area (Å²) in [6, 6.07) is 5.66. The first kappa shape index (κ1) is 16.2. The molecule has 0 radical (unpaired) electrons. The lowest BCUT2D eigenvalue weighted by molar-refractivity contribution is -0.131. The highest BCUT2D eigenvalue weighted by molar-refractivity contribution is 5.85. The van der Waals surface area contributed by atoms with E-state index in [1.807, 2.05) is 45.9 Å². The maximum Gasteiger partial charge on any atom is 0.328 e. The van der Waals surface area contributed by atoms with Gasteiger partial charge in [0.05, 0.1) is 12.2 Å². The summed E-state index contributed by atoms with van der Waals surface area (Å²) in [7, 11) is 0. The highest BCUT2D eigenvalue weighted by Crippen LogP contribution is 2.21. The molecule has 0 aliphatic heterocycles. The molecule has 0 heterocycles. The lowest BCUT2D eigenvalue weighted by Crippen LogP contribution is -2.22. The first-order valence-electron chi connectivity index (χ1n) is 6.56. The van der Waals surface area contributed by atoms with Crippen molar-refractivity contribution in [1.29, 1.82) is 0 Å². The van der Waals surface area contributed by atoms with Gasteiger partial charge in [0.2, 0.25) is 0 Å². The molecule has 0 saturated heterocycles. The molecule has 1 N–H and O–H groups in total. The van der Waals surface area contributed by atoms with Gasteiger partial charge in [-0.05, 0) is 45.9 Å². The van der Waals surface area contributed by atoms with E-state index in [0.717, 1.165) is 17.2 Å². The molecule has 0 amide bonds. The fourth-order valence-corrected chi connectivity index (χ4v) is 1.59. The van der Waals surface area contributed by atoms with Gasteiger partial charge in [-0.1, -0.05) is 11.6 Å². The summed E-state index contributed by atoms with van der Waals surface area (Å²) in [4.78, 5) is 10.6. The number of carboxylic acid groups (broad SMARTS) is 1. The van der Waals surface area contributed by atoms with Gasteiger partial charge in [-0.3, -0.25) is 0 Å². The highest BCUT2D eigenvalue weighted by atomic mass is 16.5. The Morgan fingerprint density at radius 2 is 2.00 bits per heavy atom. The average Bonchev–Trinajstić information content (AvgIpc) is 2.32. The van der Waals surface area contributed by atoms with E-state index in [4.69, 9.17) is 14.6 Å². The highest BCUT2D eigenvalue weighted by Gasteiger charge is 2.09. The van der Waals surface area contributed by atoms with Crippen molar-refractivity contribution in [2.75, 3.05) is 13.2 Å². The van der Waals surface area contributed by atoms with Crippen LogP contribution in [0.1, 0.15) is 31.9 Å². The van der Waals surface area contributed by atoms with Crippen LogP contribution in [0.15, 0.2) is 24.3 Å². The van der Waals surface area contributed by atoms with E-state index >= 15 is 0 Å². The molecule has 20 heavy (non-hydrogen) atoms. The summed E-state index contributed by atoms with van der Waals surface area (Å²) >= 11 is 0. The maximum atomic E-state index is 10.6. The van der Waals surface area contributed by atoms with Crippen LogP contribution in [-0.2, 0) is 9.53 Å². The molecular formula is C16H22O4. The van der Waals surface area contributed by atoms with Gasteiger partial charge in [-0.2, -0.15) is 0 Å². The van der Waals surface area contributed by atoms with Gasteiger partial charge in [-0.25, -0.2) is 4.79 Å². The van der Waals surface area contributed by atoms with Crippen molar-refractivity contribution in [3.8, 4) is 5.75 Å². The minimum atomic E-state index is -0.978. The molecule has 4 nitrogen and oxygen atoms in total. The summed E-state index contributed by atoms with van der Waals surface area (Å²) in [5.74, 6) is -0.320. The number of rotatable bonds is 6. The topological polar surface area (TPSA) is 55.8 Å². The quantitative estimate of drug-likeness (QED) is 0.641. The standard InChI is InChI=1S/C16H22O4/c1-12-5-7-14(13(11-12)6-8-15(17)18)19-9-10-20-16(2,3)4/h5-8,11H,9-10H2,1-4H3,(H,17,18)/b8-6+. The van der Waals surface area contributed by atoms with Crippen LogP contribution < -0.4 is 4.74 Å². The second kappa shape index (κ2) is 7.10. The molecule has 1 aromatic carbocycles. The molecule has 4 heteroatoms. The third-order valence-electron chi connectivity index (χ3n) is 2.45. The minimum Gasteiger partial charge on any atom is -0.491 e. The Bertz CT molecular complexity index is 484. The van der Waals surface area contributed by atoms with E-state index in [0.29, 0.717) is 19.0 Å². The third kappa shape index (κ3) is 6.38. The summed E-state index contributed by atoms with van der Waals surface area (Å²) in [6.07, 6.45) is 2.64. The second-order valence-corrected chi connectivity index (χ2v) is 5.52. The molecule has 1 aromatic rings. The Hall–Kier alpha value is -1.81. The molecule has 0 spiro atoms. The summed E-state index contributed by atoms with van der Waals surface area (Å²) in [5.41, 5.74) is 1.61. The zero-order valence-electron chi connectivity index (χ0n) is 12.5. The van der Waals surface area contributed by atoms with E-state index in [2.05, 4.69) is 0 Å². The number of carboxylic acids is 1. The average molecular weight is 278 g/mol. The predicted molar refractivity (Wildman–Crippen MR) is 79.0 cm³/mol. The number of ether oxygens (including phenoxy) is 2. The van der Waals surface area contributed by atoms with Crippen LogP contribution in [-0.4, -0.2) is 29.9 Å². The van der Waals surface area contributed by atoms with Crippen LogP contribution in [0.25, 0.3) is 6.08 Å². The van der Waals surface area contributed by atoms with Gasteiger partial charge in [0, 0.05) is 11.6 Å². The number of hydrogen-bond acceptors (Lipinski definition) is 3. The van der Waals surface area contributed by atoms with Crippen molar-refractivity contribution >= 4 is 12.0 Å². The fraction of sp³-hybridized carbons (Fsp3) is 0.438. The molecule has 0 saturated carbocycles. The summed E-state index contributed by atoms with van der Waals surface area (Å²) in [6.45, 7) is 8.82. The van der Waals surface area contributed by atoms with Gasteiger partial charge in [0.25, 0.3) is 0 Å². The van der Waals surface area contributed by atoms with Crippen molar-refractivity contribution in [3.63, 3.8) is 0 Å². The zero-order chi connectivity index (χ0) is 15.2. The van der Waals surface area contributed by atoms with Crippen LogP contribution >= 0.6 is 0 Å². The molecule has 0 aliphatic carbocycles. The fourth-order valence-electron chi connectivity index (χ4n) is 1.59. The molecule has 0 fully saturated rings. The van der Waals surface area contributed by atoms with Crippen molar-refractivity contribution in [2.24, 2.45) is 0 Å². The van der Waals surface area contributed by atoms with Crippen molar-refractivity contribution in [2.45, 2.75) is 33.3 Å². The molecular weight excluding hydrogens is 256 g/mol. The number of benzene rings is 1. The second-order valence-electron chi connectivity index (χ2n) is 5.52. The number of aryl methyl sites for hydroxylation is 1. The number of aliphatic carboxylic acids is 1. The van der Waals surface area contributed by atoms with E-state index in [9.17, 15) is 4.79 Å². The van der Waals surface area contributed by atoms with Crippen LogP contribution in [0, 0.1) is 6.92 Å². The first-order valence-corrected chi connectivity index (χ1v) is 6.56.